The van der Waals surface area contributed by atoms with Gasteiger partial charge in [0, 0.05) is 23.3 Å². The Balaban J connectivity index is 1.73. The van der Waals surface area contributed by atoms with Gasteiger partial charge in [-0.1, -0.05) is 28.1 Å². The Morgan fingerprint density at radius 1 is 1.19 bits per heavy atom. The first-order chi connectivity index (χ1) is 12.5. The van der Waals surface area contributed by atoms with Gasteiger partial charge in [0.25, 0.3) is 5.91 Å². The summed E-state index contributed by atoms with van der Waals surface area (Å²) in [6, 6.07) is 17.0. The zero-order valence-electron chi connectivity index (χ0n) is 14.3. The highest BCUT2D eigenvalue weighted by Crippen LogP contribution is 2.17. The lowest BCUT2D eigenvalue weighted by molar-refractivity contribution is -0.650. The van der Waals surface area contributed by atoms with Crippen LogP contribution in [0, 0.1) is 6.92 Å². The van der Waals surface area contributed by atoms with Crippen molar-refractivity contribution in [1.29, 1.82) is 0 Å². The minimum atomic E-state index is -0.177. The number of benzene rings is 2. The number of aryl methyl sites for hydroxylation is 2. The quantitative estimate of drug-likeness (QED) is 0.507. The van der Waals surface area contributed by atoms with Gasteiger partial charge in [-0.3, -0.25) is 15.2 Å². The van der Waals surface area contributed by atoms with Crippen LogP contribution in [-0.2, 0) is 7.05 Å². The molecule has 130 valence electrons. The average molecular weight is 411 g/mol. The van der Waals surface area contributed by atoms with Gasteiger partial charge in [0.1, 0.15) is 5.52 Å². The number of nitrogens with zero attached hydrogens (tertiary/aromatic N) is 3. The van der Waals surface area contributed by atoms with Crippen LogP contribution in [0.4, 0.5) is 5.82 Å². The Morgan fingerprint density at radius 3 is 2.65 bits per heavy atom. The molecule has 4 aromatic rings. The Morgan fingerprint density at radius 2 is 1.92 bits per heavy atom. The van der Waals surface area contributed by atoms with Gasteiger partial charge in [-0.25, -0.2) is 4.57 Å². The molecule has 2 N–H and O–H groups in total. The van der Waals surface area contributed by atoms with Crippen LogP contribution in [0.15, 0.2) is 59.1 Å². The van der Waals surface area contributed by atoms with E-state index in [1.54, 1.807) is 16.8 Å². The lowest BCUT2D eigenvalue weighted by Crippen LogP contribution is -2.39. The second-order valence-corrected chi connectivity index (χ2v) is 7.00. The molecule has 6 nitrogen and oxygen atoms in total. The minimum Gasteiger partial charge on any atom is -0.258 e. The maximum Gasteiger partial charge on any atom is 0.377 e. The third kappa shape index (κ3) is 2.90. The van der Waals surface area contributed by atoms with E-state index in [1.807, 2.05) is 61.0 Å². The number of rotatable bonds is 3. The van der Waals surface area contributed by atoms with Gasteiger partial charge in [-0.05, 0) is 43.3 Å². The number of anilines is 1. The van der Waals surface area contributed by atoms with Crippen LogP contribution in [0.25, 0.3) is 17.0 Å². The highest BCUT2D eigenvalue weighted by molar-refractivity contribution is 9.10. The van der Waals surface area contributed by atoms with E-state index in [2.05, 4.69) is 31.3 Å². The third-order valence-corrected chi connectivity index (χ3v) is 4.72. The van der Waals surface area contributed by atoms with Crippen LogP contribution >= 0.6 is 15.9 Å². The summed E-state index contributed by atoms with van der Waals surface area (Å²) < 4.78 is 4.70. The molecule has 4 rings (SSSR count). The van der Waals surface area contributed by atoms with E-state index in [0.29, 0.717) is 17.3 Å². The molecule has 0 radical (unpaired) electrons. The predicted octanol–water partition coefficient (Wildman–Crippen LogP) is 3.50. The number of nitrogens with one attached hydrogen (secondary N) is 2. The summed E-state index contributed by atoms with van der Waals surface area (Å²) in [5.74, 6) is 1.16. The number of halogens is 1. The molecular formula is C19H17BrN5O+. The molecule has 2 aromatic heterocycles. The molecule has 0 fully saturated rings. The lowest BCUT2D eigenvalue weighted by Gasteiger charge is -2.03. The zero-order valence-corrected chi connectivity index (χ0v) is 15.9. The van der Waals surface area contributed by atoms with Crippen LogP contribution in [0.3, 0.4) is 0 Å². The number of aromatic amines is 1. The van der Waals surface area contributed by atoms with Crippen molar-refractivity contribution in [2.45, 2.75) is 6.92 Å². The van der Waals surface area contributed by atoms with Crippen molar-refractivity contribution in [3.05, 3.63) is 70.3 Å². The standard InChI is InChI=1S/C19H16BrN5O/c1-12-11-17(22-18(26)13-7-9-14(20)10-8-13)25(23-12)19-21-15-5-3-4-6-16(15)24(19)2/h3-11H,1-2H3,(H,22,23,26)/p+1. The second kappa shape index (κ2) is 6.42. The number of amides is 1. The molecule has 0 unspecified atom stereocenters. The Kier molecular flexibility index (Phi) is 4.08. The molecule has 1 amide bonds. The van der Waals surface area contributed by atoms with Crippen molar-refractivity contribution >= 4 is 38.7 Å². The molecule has 0 atom stereocenters. The van der Waals surface area contributed by atoms with Crippen LogP contribution < -0.4 is 10.00 Å². The average Bonchev–Trinajstić information content (AvgIpc) is 3.15. The van der Waals surface area contributed by atoms with E-state index in [9.17, 15) is 4.79 Å². The number of aromatic nitrogens is 4. The maximum absolute atomic E-state index is 12.6. The summed E-state index contributed by atoms with van der Waals surface area (Å²) in [4.78, 5) is 17.3. The number of carbonyl (C=O) groups excluding carboxylic acids is 1. The normalized spacial score (nSPS) is 11.0. The molecule has 7 heteroatoms. The number of fused-ring (bicyclic) bond motifs is 1. The summed E-state index contributed by atoms with van der Waals surface area (Å²) in [6.45, 7) is 1.94. The van der Waals surface area contributed by atoms with Crippen LogP contribution in [0.5, 0.6) is 0 Å². The van der Waals surface area contributed by atoms with Crippen molar-refractivity contribution < 1.29 is 9.48 Å². The molecule has 0 aliphatic rings. The Bertz CT molecular complexity index is 1110. The van der Waals surface area contributed by atoms with E-state index in [1.165, 1.54) is 0 Å². The number of hydrogen-bond acceptors (Lipinski definition) is 2. The first-order valence-corrected chi connectivity index (χ1v) is 8.92. The van der Waals surface area contributed by atoms with Crippen molar-refractivity contribution in [1.82, 2.24) is 14.6 Å². The van der Waals surface area contributed by atoms with Gasteiger partial charge in [0.15, 0.2) is 5.52 Å². The summed E-state index contributed by atoms with van der Waals surface area (Å²) in [7, 11) is 1.95. The molecule has 0 spiro atoms. The van der Waals surface area contributed by atoms with E-state index in [0.717, 1.165) is 21.2 Å². The van der Waals surface area contributed by atoms with Gasteiger partial charge in [-0.2, -0.15) is 0 Å². The van der Waals surface area contributed by atoms with Gasteiger partial charge in [-0.15, -0.1) is 9.67 Å². The van der Waals surface area contributed by atoms with Crippen LogP contribution in [0.2, 0.25) is 0 Å². The maximum atomic E-state index is 12.6. The summed E-state index contributed by atoms with van der Waals surface area (Å²) in [6.07, 6.45) is 0. The topological polar surface area (TPSA) is 66.6 Å². The van der Waals surface area contributed by atoms with Gasteiger partial charge >= 0.3 is 5.95 Å². The van der Waals surface area contributed by atoms with Gasteiger partial charge in [0.05, 0.1) is 5.56 Å². The highest BCUT2D eigenvalue weighted by atomic mass is 79.9. The van der Waals surface area contributed by atoms with Crippen molar-refractivity contribution in [3.63, 3.8) is 0 Å². The lowest BCUT2D eigenvalue weighted by atomic mass is 10.2. The molecule has 2 heterocycles. The minimum absolute atomic E-state index is 0.177. The monoisotopic (exact) mass is 410 g/mol. The molecule has 0 saturated carbocycles. The van der Waals surface area contributed by atoms with E-state index in [4.69, 9.17) is 0 Å². The summed E-state index contributed by atoms with van der Waals surface area (Å²) >= 11 is 3.38. The largest absolute Gasteiger partial charge is 0.377 e. The SMILES string of the molecule is Cc1cc(NC(=O)c2ccc(Br)cc2)[n+](-c2nc3ccccc3n2C)[nH]1. The Hall–Kier alpha value is -2.93. The van der Waals surface area contributed by atoms with Gasteiger partial charge < -0.3 is 0 Å². The van der Waals surface area contributed by atoms with E-state index in [-0.39, 0.29) is 5.91 Å². The van der Waals surface area contributed by atoms with E-state index < -0.39 is 0 Å². The first kappa shape index (κ1) is 16.5. The fourth-order valence-corrected chi connectivity index (χ4v) is 3.18. The van der Waals surface area contributed by atoms with Crippen LogP contribution in [-0.4, -0.2) is 20.6 Å². The second-order valence-electron chi connectivity index (χ2n) is 6.08. The number of imidazole rings is 1. The fraction of sp³-hybridized carbons (Fsp3) is 0.105. The smallest absolute Gasteiger partial charge is 0.258 e. The van der Waals surface area contributed by atoms with Crippen LogP contribution in [0.1, 0.15) is 16.1 Å². The first-order valence-electron chi connectivity index (χ1n) is 8.13. The fourth-order valence-electron chi connectivity index (χ4n) is 2.91. The van der Waals surface area contributed by atoms with Crippen molar-refractivity contribution in [2.24, 2.45) is 7.05 Å². The number of hydrogen-bond donors (Lipinski definition) is 2. The summed E-state index contributed by atoms with van der Waals surface area (Å²) in [5, 5.41) is 6.20. The summed E-state index contributed by atoms with van der Waals surface area (Å²) in [5.41, 5.74) is 3.43. The van der Waals surface area contributed by atoms with E-state index >= 15 is 0 Å². The number of para-hydroxylation sites is 2. The number of H-pyrrole nitrogens is 1. The predicted molar refractivity (Wildman–Crippen MR) is 103 cm³/mol. The van der Waals surface area contributed by atoms with Gasteiger partial charge in [0.2, 0.25) is 5.82 Å². The zero-order chi connectivity index (χ0) is 18.3. The highest BCUT2D eigenvalue weighted by Gasteiger charge is 2.23. The third-order valence-electron chi connectivity index (χ3n) is 4.19. The van der Waals surface area contributed by atoms with Crippen molar-refractivity contribution in [2.75, 3.05) is 5.32 Å². The molecule has 0 aliphatic heterocycles. The molecule has 0 saturated heterocycles. The molecule has 0 bridgehead atoms. The van der Waals surface area contributed by atoms with Crippen molar-refractivity contribution in [3.8, 4) is 5.95 Å². The Labute approximate surface area is 158 Å². The molecule has 2 aromatic carbocycles. The molecular weight excluding hydrogens is 394 g/mol. The molecule has 0 aliphatic carbocycles. The molecule has 26 heavy (non-hydrogen) atoms. The number of carbonyl (C=O) groups is 1.